The molecule has 0 saturated heterocycles. The minimum atomic E-state index is -0.0514. The van der Waals surface area contributed by atoms with Gasteiger partial charge in [0.15, 0.2) is 5.78 Å². The molecule has 0 aromatic rings. The third kappa shape index (κ3) is 2.88. The van der Waals surface area contributed by atoms with Gasteiger partial charge in [0.1, 0.15) is 5.76 Å². The van der Waals surface area contributed by atoms with Crippen molar-refractivity contribution in [3.63, 3.8) is 0 Å². The Morgan fingerprint density at radius 3 is 2.53 bits per heavy atom. The van der Waals surface area contributed by atoms with Crippen LogP contribution >= 0.6 is 12.2 Å². The molecule has 1 fully saturated rings. The van der Waals surface area contributed by atoms with E-state index in [1.54, 1.807) is 0 Å². The Hall–Kier alpha value is -0.700. The molecule has 0 heterocycles. The van der Waals surface area contributed by atoms with E-state index in [0.717, 1.165) is 12.8 Å². The normalized spacial score (nSPS) is 24.2. The molecule has 2 nitrogen and oxygen atoms in total. The SMILES string of the molecule is CCCC(O)=C1C(=O)CC(C)(C)CC1=S. The molecule has 0 unspecified atom stereocenters. The zero-order valence-corrected chi connectivity index (χ0v) is 10.4. The van der Waals surface area contributed by atoms with E-state index >= 15 is 0 Å². The predicted molar refractivity (Wildman–Crippen MR) is 65.2 cm³/mol. The second kappa shape index (κ2) is 4.44. The molecular formula is C12H18O2S. The summed E-state index contributed by atoms with van der Waals surface area (Å²) in [5.41, 5.74) is 0.371. The van der Waals surface area contributed by atoms with Crippen molar-refractivity contribution >= 4 is 22.9 Å². The van der Waals surface area contributed by atoms with Crippen LogP contribution < -0.4 is 0 Å². The molecule has 0 aliphatic heterocycles. The van der Waals surface area contributed by atoms with E-state index in [4.69, 9.17) is 12.2 Å². The maximum Gasteiger partial charge on any atom is 0.167 e. The standard InChI is InChI=1S/C12H18O2S/c1-4-5-8(13)11-9(14)6-12(2,3)7-10(11)15/h13H,4-7H2,1-3H3. The number of rotatable bonds is 2. The van der Waals surface area contributed by atoms with Crippen molar-refractivity contribution in [2.45, 2.75) is 46.5 Å². The van der Waals surface area contributed by atoms with Gasteiger partial charge in [0.25, 0.3) is 0 Å². The van der Waals surface area contributed by atoms with Gasteiger partial charge in [-0.15, -0.1) is 0 Å². The van der Waals surface area contributed by atoms with Crippen LogP contribution in [0.25, 0.3) is 0 Å². The van der Waals surface area contributed by atoms with Gasteiger partial charge in [0.05, 0.1) is 5.57 Å². The van der Waals surface area contributed by atoms with Gasteiger partial charge in [0, 0.05) is 17.7 Å². The Balaban J connectivity index is 2.98. The van der Waals surface area contributed by atoms with Crippen LogP contribution in [0.1, 0.15) is 46.5 Å². The van der Waals surface area contributed by atoms with Gasteiger partial charge < -0.3 is 5.11 Å². The summed E-state index contributed by atoms with van der Waals surface area (Å²) in [4.78, 5) is 12.5. The van der Waals surface area contributed by atoms with Crippen LogP contribution in [0.4, 0.5) is 0 Å². The molecule has 0 bridgehead atoms. The quantitative estimate of drug-likeness (QED) is 0.445. The fraction of sp³-hybridized carbons (Fsp3) is 0.667. The number of carbonyl (C=O) groups excluding carboxylic acids is 1. The molecule has 1 saturated carbocycles. The van der Waals surface area contributed by atoms with Crippen LogP contribution in [0.2, 0.25) is 0 Å². The summed E-state index contributed by atoms with van der Waals surface area (Å²) in [7, 11) is 0. The van der Waals surface area contributed by atoms with Gasteiger partial charge in [-0.3, -0.25) is 4.79 Å². The number of aliphatic hydroxyl groups excluding tert-OH is 1. The first kappa shape index (κ1) is 12.4. The number of Topliss-reactive ketones (excluding diaryl/α,β-unsaturated/α-hetero) is 1. The van der Waals surface area contributed by atoms with Crippen LogP contribution in [-0.2, 0) is 4.79 Å². The number of hydrogen-bond acceptors (Lipinski definition) is 3. The highest BCUT2D eigenvalue weighted by Gasteiger charge is 2.34. The second-order valence-corrected chi connectivity index (χ2v) is 5.43. The first-order chi connectivity index (χ1) is 6.87. The number of thiocarbonyl (C=S) groups is 1. The number of allylic oxidation sites excluding steroid dienone is 2. The van der Waals surface area contributed by atoms with Gasteiger partial charge in [-0.25, -0.2) is 0 Å². The minimum absolute atomic E-state index is 0.00204. The smallest absolute Gasteiger partial charge is 0.167 e. The molecule has 0 spiro atoms. The largest absolute Gasteiger partial charge is 0.512 e. The molecule has 15 heavy (non-hydrogen) atoms. The molecule has 1 rings (SSSR count). The molecule has 3 heteroatoms. The number of ketones is 1. The van der Waals surface area contributed by atoms with Crippen LogP contribution in [-0.4, -0.2) is 15.8 Å². The maximum atomic E-state index is 11.8. The lowest BCUT2D eigenvalue weighted by atomic mass is 9.74. The molecule has 1 aliphatic rings. The molecule has 0 radical (unpaired) electrons. The first-order valence-corrected chi connectivity index (χ1v) is 5.76. The average Bonchev–Trinajstić information content (AvgIpc) is 1.99. The van der Waals surface area contributed by atoms with Crippen molar-refractivity contribution in [2.24, 2.45) is 5.41 Å². The summed E-state index contributed by atoms with van der Waals surface area (Å²) >= 11 is 5.20. The first-order valence-electron chi connectivity index (χ1n) is 5.36. The number of carbonyl (C=O) groups is 1. The van der Waals surface area contributed by atoms with Crippen LogP contribution in [0.3, 0.4) is 0 Å². The van der Waals surface area contributed by atoms with Crippen molar-refractivity contribution in [1.29, 1.82) is 0 Å². The Kier molecular flexibility index (Phi) is 3.66. The number of hydrogen-bond donors (Lipinski definition) is 1. The Labute approximate surface area is 96.4 Å². The van der Waals surface area contributed by atoms with Crippen LogP contribution in [0.15, 0.2) is 11.3 Å². The zero-order valence-electron chi connectivity index (χ0n) is 9.59. The van der Waals surface area contributed by atoms with Gasteiger partial charge in [-0.1, -0.05) is 33.0 Å². The highest BCUT2D eigenvalue weighted by molar-refractivity contribution is 7.81. The van der Waals surface area contributed by atoms with E-state index in [9.17, 15) is 9.90 Å². The van der Waals surface area contributed by atoms with Crippen molar-refractivity contribution in [3.8, 4) is 0 Å². The molecule has 0 aromatic heterocycles. The average molecular weight is 226 g/mol. The summed E-state index contributed by atoms with van der Waals surface area (Å²) in [6.07, 6.45) is 2.57. The molecule has 1 aliphatic carbocycles. The molecule has 0 aromatic carbocycles. The fourth-order valence-electron chi connectivity index (χ4n) is 1.95. The predicted octanol–water partition coefficient (Wildman–Crippen LogP) is 3.36. The third-order valence-electron chi connectivity index (χ3n) is 2.61. The monoisotopic (exact) mass is 226 g/mol. The van der Waals surface area contributed by atoms with E-state index < -0.39 is 0 Å². The lowest BCUT2D eigenvalue weighted by molar-refractivity contribution is -0.117. The topological polar surface area (TPSA) is 37.3 Å². The van der Waals surface area contributed by atoms with E-state index in [1.165, 1.54) is 0 Å². The fourth-order valence-corrected chi connectivity index (χ4v) is 2.57. The van der Waals surface area contributed by atoms with Crippen molar-refractivity contribution in [3.05, 3.63) is 11.3 Å². The van der Waals surface area contributed by atoms with Crippen molar-refractivity contribution in [1.82, 2.24) is 0 Å². The Morgan fingerprint density at radius 1 is 1.47 bits per heavy atom. The molecule has 84 valence electrons. The Bertz CT molecular complexity index is 305. The second-order valence-electron chi connectivity index (χ2n) is 4.94. The lowest BCUT2D eigenvalue weighted by Gasteiger charge is -2.30. The molecule has 0 atom stereocenters. The van der Waals surface area contributed by atoms with Crippen LogP contribution in [0.5, 0.6) is 0 Å². The molecular weight excluding hydrogens is 208 g/mol. The van der Waals surface area contributed by atoms with E-state index in [1.807, 2.05) is 20.8 Å². The summed E-state index contributed by atoms with van der Waals surface area (Å²) in [5.74, 6) is 0.185. The summed E-state index contributed by atoms with van der Waals surface area (Å²) in [6, 6.07) is 0. The van der Waals surface area contributed by atoms with Gasteiger partial charge in [-0.2, -0.15) is 0 Å². The van der Waals surface area contributed by atoms with Gasteiger partial charge >= 0.3 is 0 Å². The summed E-state index contributed by atoms with van der Waals surface area (Å²) < 4.78 is 0. The van der Waals surface area contributed by atoms with Crippen molar-refractivity contribution in [2.75, 3.05) is 0 Å². The maximum absolute atomic E-state index is 11.8. The van der Waals surface area contributed by atoms with Gasteiger partial charge in [-0.05, 0) is 18.3 Å². The van der Waals surface area contributed by atoms with Crippen LogP contribution in [0, 0.1) is 5.41 Å². The van der Waals surface area contributed by atoms with E-state index in [2.05, 4.69) is 0 Å². The molecule has 1 N–H and O–H groups in total. The zero-order chi connectivity index (χ0) is 11.6. The highest BCUT2D eigenvalue weighted by atomic mass is 32.1. The Morgan fingerprint density at radius 2 is 2.07 bits per heavy atom. The lowest BCUT2D eigenvalue weighted by Crippen LogP contribution is -2.31. The highest BCUT2D eigenvalue weighted by Crippen LogP contribution is 2.35. The minimum Gasteiger partial charge on any atom is -0.512 e. The summed E-state index contributed by atoms with van der Waals surface area (Å²) in [6.45, 7) is 6.03. The van der Waals surface area contributed by atoms with E-state index in [-0.39, 0.29) is 17.0 Å². The number of aliphatic hydroxyl groups is 1. The third-order valence-corrected chi connectivity index (χ3v) is 2.96. The van der Waals surface area contributed by atoms with E-state index in [0.29, 0.717) is 23.3 Å². The van der Waals surface area contributed by atoms with Gasteiger partial charge in [0.2, 0.25) is 0 Å². The summed E-state index contributed by atoms with van der Waals surface area (Å²) in [5, 5.41) is 9.76. The van der Waals surface area contributed by atoms with Crippen molar-refractivity contribution < 1.29 is 9.90 Å². The molecule has 0 amide bonds.